The van der Waals surface area contributed by atoms with Gasteiger partial charge in [-0.2, -0.15) is 5.26 Å². The molecule has 0 fully saturated rings. The molecule has 0 atom stereocenters. The summed E-state index contributed by atoms with van der Waals surface area (Å²) in [6.45, 7) is 1.65. The number of nitrogens with zero attached hydrogens (tertiary/aromatic N) is 2. The zero-order valence-electron chi connectivity index (χ0n) is 9.14. The van der Waals surface area contributed by atoms with Gasteiger partial charge in [-0.15, -0.1) is 0 Å². The SMILES string of the molecule is Cc1cc(Oc2cnccc2C#N)ccc1F. The molecule has 2 aromatic rings. The van der Waals surface area contributed by atoms with Crippen LogP contribution in [0, 0.1) is 24.1 Å². The van der Waals surface area contributed by atoms with E-state index in [2.05, 4.69) is 4.98 Å². The quantitative estimate of drug-likeness (QED) is 0.792. The van der Waals surface area contributed by atoms with E-state index in [-0.39, 0.29) is 5.82 Å². The molecule has 0 saturated carbocycles. The Kier molecular flexibility index (Phi) is 3.01. The first-order valence-corrected chi connectivity index (χ1v) is 4.99. The van der Waals surface area contributed by atoms with Gasteiger partial charge < -0.3 is 4.74 Å². The van der Waals surface area contributed by atoms with Gasteiger partial charge in [-0.05, 0) is 36.8 Å². The molecule has 0 saturated heterocycles. The second kappa shape index (κ2) is 4.62. The van der Waals surface area contributed by atoms with Gasteiger partial charge in [-0.3, -0.25) is 4.98 Å². The standard InChI is InChI=1S/C13H9FN2O/c1-9-6-11(2-3-12(9)14)17-13-8-16-5-4-10(13)7-15/h2-6,8H,1H3. The Bertz CT molecular complexity index is 590. The van der Waals surface area contributed by atoms with Crippen LogP contribution in [0.4, 0.5) is 4.39 Å². The van der Waals surface area contributed by atoms with Crippen molar-refractivity contribution in [1.29, 1.82) is 5.26 Å². The van der Waals surface area contributed by atoms with Gasteiger partial charge in [-0.25, -0.2) is 4.39 Å². The van der Waals surface area contributed by atoms with E-state index in [0.29, 0.717) is 22.6 Å². The number of nitriles is 1. The van der Waals surface area contributed by atoms with E-state index in [9.17, 15) is 4.39 Å². The van der Waals surface area contributed by atoms with Crippen molar-refractivity contribution in [3.8, 4) is 17.6 Å². The third-order valence-electron chi connectivity index (χ3n) is 2.26. The molecule has 0 radical (unpaired) electrons. The smallest absolute Gasteiger partial charge is 0.163 e. The third kappa shape index (κ3) is 2.40. The van der Waals surface area contributed by atoms with Gasteiger partial charge in [0.1, 0.15) is 17.6 Å². The first-order chi connectivity index (χ1) is 8.20. The highest BCUT2D eigenvalue weighted by molar-refractivity contribution is 5.43. The van der Waals surface area contributed by atoms with Crippen molar-refractivity contribution < 1.29 is 9.13 Å². The molecule has 2 rings (SSSR count). The summed E-state index contributed by atoms with van der Waals surface area (Å²) in [6, 6.07) is 7.97. The fourth-order valence-electron chi connectivity index (χ4n) is 1.36. The highest BCUT2D eigenvalue weighted by Crippen LogP contribution is 2.25. The molecule has 0 unspecified atom stereocenters. The summed E-state index contributed by atoms with van der Waals surface area (Å²) in [5.41, 5.74) is 0.881. The lowest BCUT2D eigenvalue weighted by atomic mass is 10.2. The normalized spacial score (nSPS) is 9.71. The number of benzene rings is 1. The summed E-state index contributed by atoms with van der Waals surface area (Å²) in [4.78, 5) is 3.88. The number of hydrogen-bond donors (Lipinski definition) is 0. The summed E-state index contributed by atoms with van der Waals surface area (Å²) in [5, 5.41) is 8.88. The van der Waals surface area contributed by atoms with E-state index in [1.165, 1.54) is 24.5 Å². The monoisotopic (exact) mass is 228 g/mol. The van der Waals surface area contributed by atoms with E-state index in [1.807, 2.05) is 6.07 Å². The predicted octanol–water partition coefficient (Wildman–Crippen LogP) is 3.19. The Morgan fingerprint density at radius 2 is 2.18 bits per heavy atom. The molecule has 3 nitrogen and oxygen atoms in total. The molecule has 0 spiro atoms. The molecule has 17 heavy (non-hydrogen) atoms. The molecule has 0 aliphatic heterocycles. The van der Waals surface area contributed by atoms with Gasteiger partial charge in [0.05, 0.1) is 11.8 Å². The second-order valence-electron chi connectivity index (χ2n) is 3.50. The van der Waals surface area contributed by atoms with Crippen LogP contribution in [0.15, 0.2) is 36.7 Å². The minimum absolute atomic E-state index is 0.288. The number of hydrogen-bond acceptors (Lipinski definition) is 3. The molecule has 0 aliphatic rings. The lowest BCUT2D eigenvalue weighted by molar-refractivity contribution is 0.476. The largest absolute Gasteiger partial charge is 0.454 e. The first kappa shape index (κ1) is 11.1. The van der Waals surface area contributed by atoms with Crippen molar-refractivity contribution >= 4 is 0 Å². The molecular weight excluding hydrogens is 219 g/mol. The molecule has 1 aromatic heterocycles. The van der Waals surface area contributed by atoms with Gasteiger partial charge in [0, 0.05) is 6.20 Å². The van der Waals surface area contributed by atoms with Crippen LogP contribution in [0.3, 0.4) is 0 Å². The van der Waals surface area contributed by atoms with Crippen molar-refractivity contribution in [2.75, 3.05) is 0 Å². The van der Waals surface area contributed by atoms with E-state index < -0.39 is 0 Å². The maximum Gasteiger partial charge on any atom is 0.163 e. The van der Waals surface area contributed by atoms with Crippen molar-refractivity contribution in [2.24, 2.45) is 0 Å². The van der Waals surface area contributed by atoms with Gasteiger partial charge in [0.15, 0.2) is 5.75 Å². The molecule has 84 valence electrons. The Morgan fingerprint density at radius 3 is 2.88 bits per heavy atom. The third-order valence-corrected chi connectivity index (χ3v) is 2.26. The average Bonchev–Trinajstić information content (AvgIpc) is 2.34. The summed E-state index contributed by atoms with van der Waals surface area (Å²) in [7, 11) is 0. The summed E-state index contributed by atoms with van der Waals surface area (Å²) in [6.07, 6.45) is 2.97. The average molecular weight is 228 g/mol. The van der Waals surface area contributed by atoms with Crippen molar-refractivity contribution in [3.63, 3.8) is 0 Å². The van der Waals surface area contributed by atoms with Crippen LogP contribution in [0.2, 0.25) is 0 Å². The van der Waals surface area contributed by atoms with Crippen molar-refractivity contribution in [1.82, 2.24) is 4.98 Å². The van der Waals surface area contributed by atoms with Crippen molar-refractivity contribution in [3.05, 3.63) is 53.6 Å². The van der Waals surface area contributed by atoms with Gasteiger partial charge in [0.2, 0.25) is 0 Å². The minimum atomic E-state index is -0.288. The van der Waals surface area contributed by atoms with E-state index in [1.54, 1.807) is 19.1 Å². The van der Waals surface area contributed by atoms with Crippen LogP contribution in [-0.4, -0.2) is 4.98 Å². The van der Waals surface area contributed by atoms with E-state index >= 15 is 0 Å². The van der Waals surface area contributed by atoms with Crippen molar-refractivity contribution in [2.45, 2.75) is 6.92 Å². The Labute approximate surface area is 98.1 Å². The predicted molar refractivity (Wildman–Crippen MR) is 60.2 cm³/mol. The second-order valence-corrected chi connectivity index (χ2v) is 3.50. The molecular formula is C13H9FN2O. The van der Waals surface area contributed by atoms with Crippen LogP contribution >= 0.6 is 0 Å². The molecule has 0 bridgehead atoms. The maximum atomic E-state index is 13.1. The number of aromatic nitrogens is 1. The van der Waals surface area contributed by atoms with Gasteiger partial charge in [0.25, 0.3) is 0 Å². The molecule has 4 heteroatoms. The molecule has 0 aliphatic carbocycles. The fourth-order valence-corrected chi connectivity index (χ4v) is 1.36. The van der Waals surface area contributed by atoms with Crippen LogP contribution < -0.4 is 4.74 Å². The molecule has 1 heterocycles. The Hall–Kier alpha value is -2.41. The Morgan fingerprint density at radius 1 is 1.35 bits per heavy atom. The zero-order chi connectivity index (χ0) is 12.3. The van der Waals surface area contributed by atoms with Crippen LogP contribution in [0.25, 0.3) is 0 Å². The maximum absolute atomic E-state index is 13.1. The highest BCUT2D eigenvalue weighted by Gasteiger charge is 2.05. The summed E-state index contributed by atoms with van der Waals surface area (Å²) in [5.74, 6) is 0.554. The van der Waals surface area contributed by atoms with E-state index in [0.717, 1.165) is 0 Å². The number of ether oxygens (including phenoxy) is 1. The van der Waals surface area contributed by atoms with Crippen LogP contribution in [-0.2, 0) is 0 Å². The molecule has 0 N–H and O–H groups in total. The highest BCUT2D eigenvalue weighted by atomic mass is 19.1. The van der Waals surface area contributed by atoms with Gasteiger partial charge >= 0.3 is 0 Å². The van der Waals surface area contributed by atoms with E-state index in [4.69, 9.17) is 10.00 Å². The molecule has 0 amide bonds. The lowest BCUT2D eigenvalue weighted by Gasteiger charge is -2.07. The Balaban J connectivity index is 2.32. The number of rotatable bonds is 2. The van der Waals surface area contributed by atoms with Crippen LogP contribution in [0.5, 0.6) is 11.5 Å². The lowest BCUT2D eigenvalue weighted by Crippen LogP contribution is -1.90. The fraction of sp³-hybridized carbons (Fsp3) is 0.0769. The van der Waals surface area contributed by atoms with Gasteiger partial charge in [-0.1, -0.05) is 0 Å². The number of aryl methyl sites for hydroxylation is 1. The minimum Gasteiger partial charge on any atom is -0.454 e. The van der Waals surface area contributed by atoms with Crippen LogP contribution in [0.1, 0.15) is 11.1 Å². The summed E-state index contributed by atoms with van der Waals surface area (Å²) < 4.78 is 18.5. The number of pyridine rings is 1. The topological polar surface area (TPSA) is 45.9 Å². The first-order valence-electron chi connectivity index (χ1n) is 4.99. The summed E-state index contributed by atoms with van der Waals surface area (Å²) >= 11 is 0. The molecule has 1 aromatic carbocycles. The zero-order valence-corrected chi connectivity index (χ0v) is 9.14. The number of halogens is 1.